The molecule has 0 spiro atoms. The highest BCUT2D eigenvalue weighted by Crippen LogP contribution is 2.23. The summed E-state index contributed by atoms with van der Waals surface area (Å²) in [5.41, 5.74) is 1.36. The zero-order valence-corrected chi connectivity index (χ0v) is 14.6. The van der Waals surface area contributed by atoms with Crippen LogP contribution in [0.4, 0.5) is 5.69 Å². The fourth-order valence-electron chi connectivity index (χ4n) is 2.14. The highest BCUT2D eigenvalue weighted by molar-refractivity contribution is 6.35. The number of nitro groups is 1. The van der Waals surface area contributed by atoms with E-state index < -0.39 is 10.9 Å². The monoisotopic (exact) mass is 388 g/mol. The van der Waals surface area contributed by atoms with Crippen LogP contribution in [0.25, 0.3) is 12.2 Å². The number of ether oxygens (including phenoxy) is 1. The Balaban J connectivity index is 1.80. The van der Waals surface area contributed by atoms with E-state index in [0.717, 1.165) is 0 Å². The summed E-state index contributed by atoms with van der Waals surface area (Å²) >= 11 is 11.9. The first-order valence-corrected chi connectivity index (χ1v) is 8.08. The minimum atomic E-state index is -0.606. The second-order valence-corrected chi connectivity index (χ2v) is 6.06. The van der Waals surface area contributed by atoms with Gasteiger partial charge in [-0.05, 0) is 47.5 Å². The molecule has 6 nitrogen and oxygen atoms in total. The van der Waals surface area contributed by atoms with Crippen molar-refractivity contribution in [2.24, 2.45) is 4.99 Å². The molecule has 0 saturated heterocycles. The van der Waals surface area contributed by atoms with Gasteiger partial charge >= 0.3 is 5.97 Å². The van der Waals surface area contributed by atoms with Gasteiger partial charge in [-0.3, -0.25) is 10.1 Å². The third-order valence-corrected chi connectivity index (χ3v) is 3.97. The average Bonchev–Trinajstić information content (AvgIpc) is 2.94. The fraction of sp³-hybridized carbons (Fsp3) is 0. The quantitative estimate of drug-likeness (QED) is 0.322. The minimum Gasteiger partial charge on any atom is -0.403 e. The van der Waals surface area contributed by atoms with Crippen LogP contribution < -0.4 is 0 Å². The van der Waals surface area contributed by atoms with Crippen molar-refractivity contribution in [2.45, 2.75) is 0 Å². The molecule has 3 rings (SSSR count). The number of nitrogens with zero attached hydrogens (tertiary/aromatic N) is 2. The molecular formula is C18H10Cl2N2O4. The second kappa shape index (κ2) is 7.51. The average molecular weight is 389 g/mol. The van der Waals surface area contributed by atoms with E-state index in [9.17, 15) is 14.9 Å². The standard InChI is InChI=1S/C18H10Cl2N2O4/c19-13-5-3-12(15(20)10-13)4-8-17-21-16(18(23)26-17)9-11-1-6-14(7-2-11)22(24)25/h1-10H. The minimum absolute atomic E-state index is 0.0342. The van der Waals surface area contributed by atoms with E-state index in [4.69, 9.17) is 27.9 Å². The Labute approximate surface area is 158 Å². The number of benzene rings is 2. The van der Waals surface area contributed by atoms with E-state index in [1.807, 2.05) is 0 Å². The van der Waals surface area contributed by atoms with E-state index >= 15 is 0 Å². The number of carbonyl (C=O) groups excluding carboxylic acids is 1. The summed E-state index contributed by atoms with van der Waals surface area (Å²) in [7, 11) is 0. The van der Waals surface area contributed by atoms with Crippen molar-refractivity contribution in [2.75, 3.05) is 0 Å². The topological polar surface area (TPSA) is 81.8 Å². The summed E-state index contributed by atoms with van der Waals surface area (Å²) in [5.74, 6) is -0.487. The van der Waals surface area contributed by atoms with Crippen LogP contribution in [0.1, 0.15) is 11.1 Å². The summed E-state index contributed by atoms with van der Waals surface area (Å²) in [6, 6.07) is 10.8. The third-order valence-electron chi connectivity index (χ3n) is 3.41. The first kappa shape index (κ1) is 17.8. The van der Waals surface area contributed by atoms with Gasteiger partial charge in [-0.25, -0.2) is 9.79 Å². The Hall–Kier alpha value is -2.96. The maximum atomic E-state index is 11.9. The summed E-state index contributed by atoms with van der Waals surface area (Å²) in [5, 5.41) is 11.6. The number of aliphatic imine (C=N–C) groups is 1. The molecule has 0 fully saturated rings. The van der Waals surface area contributed by atoms with E-state index in [1.165, 1.54) is 36.4 Å². The Morgan fingerprint density at radius 3 is 2.46 bits per heavy atom. The van der Waals surface area contributed by atoms with Crippen LogP contribution in [-0.4, -0.2) is 16.8 Å². The van der Waals surface area contributed by atoms with Gasteiger partial charge in [-0.15, -0.1) is 0 Å². The van der Waals surface area contributed by atoms with Crippen LogP contribution in [0.15, 0.2) is 59.2 Å². The van der Waals surface area contributed by atoms with Crippen molar-refractivity contribution in [3.63, 3.8) is 0 Å². The molecule has 0 saturated carbocycles. The van der Waals surface area contributed by atoms with Crippen LogP contribution >= 0.6 is 23.2 Å². The number of rotatable bonds is 4. The molecule has 0 aromatic heterocycles. The number of hydrogen-bond acceptors (Lipinski definition) is 5. The third kappa shape index (κ3) is 4.17. The van der Waals surface area contributed by atoms with E-state index in [1.54, 1.807) is 24.3 Å². The Kier molecular flexibility index (Phi) is 5.16. The molecule has 0 radical (unpaired) electrons. The fourth-order valence-corrected chi connectivity index (χ4v) is 2.62. The zero-order chi connectivity index (χ0) is 18.7. The number of cyclic esters (lactones) is 1. The first-order chi connectivity index (χ1) is 12.4. The summed E-state index contributed by atoms with van der Waals surface area (Å²) < 4.78 is 5.07. The summed E-state index contributed by atoms with van der Waals surface area (Å²) in [4.78, 5) is 26.2. The van der Waals surface area contributed by atoms with Gasteiger partial charge < -0.3 is 4.74 Å². The Bertz CT molecular complexity index is 979. The predicted molar refractivity (Wildman–Crippen MR) is 100 cm³/mol. The Morgan fingerprint density at radius 2 is 1.81 bits per heavy atom. The first-order valence-electron chi connectivity index (χ1n) is 7.32. The molecular weight excluding hydrogens is 379 g/mol. The van der Waals surface area contributed by atoms with Gasteiger partial charge in [0.05, 0.1) is 4.92 Å². The molecule has 1 heterocycles. The molecule has 0 bridgehead atoms. The molecule has 1 aliphatic rings. The smallest absolute Gasteiger partial charge is 0.363 e. The van der Waals surface area contributed by atoms with Crippen molar-refractivity contribution in [3.8, 4) is 0 Å². The highest BCUT2D eigenvalue weighted by Gasteiger charge is 2.21. The molecule has 0 amide bonds. The van der Waals surface area contributed by atoms with Crippen LogP contribution in [0, 0.1) is 10.1 Å². The molecule has 2 aromatic carbocycles. The van der Waals surface area contributed by atoms with Crippen molar-refractivity contribution in [1.29, 1.82) is 0 Å². The molecule has 2 aromatic rings. The lowest BCUT2D eigenvalue weighted by Gasteiger charge is -1.98. The van der Waals surface area contributed by atoms with Crippen molar-refractivity contribution >= 4 is 52.9 Å². The lowest BCUT2D eigenvalue weighted by molar-refractivity contribution is -0.384. The molecule has 130 valence electrons. The molecule has 1 aliphatic heterocycles. The van der Waals surface area contributed by atoms with Crippen LogP contribution in [-0.2, 0) is 9.53 Å². The molecule has 0 N–H and O–H groups in total. The van der Waals surface area contributed by atoms with Crippen molar-refractivity contribution < 1.29 is 14.5 Å². The predicted octanol–water partition coefficient (Wildman–Crippen LogP) is 4.91. The Morgan fingerprint density at radius 1 is 1.08 bits per heavy atom. The number of hydrogen-bond donors (Lipinski definition) is 0. The SMILES string of the molecule is O=C1OC(C=Cc2ccc(Cl)cc2Cl)=NC1=Cc1ccc([N+](=O)[O-])cc1. The van der Waals surface area contributed by atoms with Gasteiger partial charge in [0.2, 0.25) is 5.90 Å². The number of non-ortho nitro benzene ring substituents is 1. The number of esters is 1. The van der Waals surface area contributed by atoms with E-state index in [-0.39, 0.29) is 17.3 Å². The van der Waals surface area contributed by atoms with Crippen LogP contribution in [0.2, 0.25) is 10.0 Å². The molecule has 8 heteroatoms. The maximum absolute atomic E-state index is 11.9. The highest BCUT2D eigenvalue weighted by atomic mass is 35.5. The maximum Gasteiger partial charge on any atom is 0.363 e. The lowest BCUT2D eigenvalue weighted by Crippen LogP contribution is -2.01. The van der Waals surface area contributed by atoms with Gasteiger partial charge in [0.25, 0.3) is 5.69 Å². The summed E-state index contributed by atoms with van der Waals surface area (Å²) in [6.07, 6.45) is 4.66. The molecule has 0 unspecified atom stereocenters. The van der Waals surface area contributed by atoms with Gasteiger partial charge in [-0.1, -0.05) is 29.3 Å². The van der Waals surface area contributed by atoms with Crippen LogP contribution in [0.5, 0.6) is 0 Å². The van der Waals surface area contributed by atoms with Gasteiger partial charge in [0.15, 0.2) is 5.70 Å². The van der Waals surface area contributed by atoms with E-state index in [0.29, 0.717) is 21.2 Å². The number of carbonyl (C=O) groups is 1. The summed E-state index contributed by atoms with van der Waals surface area (Å²) in [6.45, 7) is 0. The van der Waals surface area contributed by atoms with Gasteiger partial charge in [0.1, 0.15) is 0 Å². The molecule has 0 aliphatic carbocycles. The second-order valence-electron chi connectivity index (χ2n) is 5.22. The molecule has 0 atom stereocenters. The van der Waals surface area contributed by atoms with Gasteiger partial charge in [0, 0.05) is 28.3 Å². The number of nitro benzene ring substituents is 1. The van der Waals surface area contributed by atoms with Gasteiger partial charge in [-0.2, -0.15) is 0 Å². The molecule has 26 heavy (non-hydrogen) atoms. The van der Waals surface area contributed by atoms with Crippen molar-refractivity contribution in [3.05, 3.63) is 85.5 Å². The number of halogens is 2. The largest absolute Gasteiger partial charge is 0.403 e. The lowest BCUT2D eigenvalue weighted by atomic mass is 10.2. The van der Waals surface area contributed by atoms with Crippen LogP contribution in [0.3, 0.4) is 0 Å². The van der Waals surface area contributed by atoms with Crippen molar-refractivity contribution in [1.82, 2.24) is 0 Å². The normalized spacial score (nSPS) is 15.4. The zero-order valence-electron chi connectivity index (χ0n) is 13.1. The van der Waals surface area contributed by atoms with E-state index in [2.05, 4.69) is 4.99 Å².